The van der Waals surface area contributed by atoms with Crippen molar-refractivity contribution in [3.05, 3.63) is 35.2 Å². The monoisotopic (exact) mass is 434 g/mol. The molecule has 0 aliphatic carbocycles. The molecule has 1 aromatic heterocycles. The molecule has 3 rings (SSSR count). The summed E-state index contributed by atoms with van der Waals surface area (Å²) in [6.45, 7) is 9.66. The number of morpholine rings is 1. The molecule has 1 saturated heterocycles. The van der Waals surface area contributed by atoms with Crippen molar-refractivity contribution in [2.24, 2.45) is 10.9 Å². The summed E-state index contributed by atoms with van der Waals surface area (Å²) in [5.41, 5.74) is 0.835. The highest BCUT2D eigenvalue weighted by molar-refractivity contribution is 6.30. The molecule has 2 aromatic rings. The fourth-order valence-corrected chi connectivity index (χ4v) is 3.60. The lowest BCUT2D eigenvalue weighted by molar-refractivity contribution is -0.0284. The number of benzene rings is 1. The molecule has 8 nitrogen and oxygen atoms in total. The number of hydrogen-bond donors (Lipinski definition) is 2. The standard InChI is InChI=1S/C21H31ClN6O2/c1-15(2)13-28-9-10-29-18(14-28)12-25-21(23-3)24-8-7-19-26-20(27-30-19)16-5-4-6-17(22)11-16/h4-6,11,15,18H,7-10,12-14H2,1-3H3,(H2,23,24,25). The third kappa shape index (κ3) is 6.97. The van der Waals surface area contributed by atoms with E-state index in [4.69, 9.17) is 20.9 Å². The summed E-state index contributed by atoms with van der Waals surface area (Å²) < 4.78 is 11.2. The normalized spacial score (nSPS) is 18.0. The molecule has 30 heavy (non-hydrogen) atoms. The Morgan fingerprint density at radius 2 is 2.23 bits per heavy atom. The summed E-state index contributed by atoms with van der Waals surface area (Å²) in [7, 11) is 1.76. The van der Waals surface area contributed by atoms with Crippen LogP contribution in [0, 0.1) is 5.92 Å². The van der Waals surface area contributed by atoms with E-state index in [-0.39, 0.29) is 6.10 Å². The molecule has 0 radical (unpaired) electrons. The second-order valence-electron chi connectivity index (χ2n) is 7.80. The molecule has 1 aliphatic rings. The van der Waals surface area contributed by atoms with Crippen molar-refractivity contribution in [1.29, 1.82) is 0 Å². The Morgan fingerprint density at radius 1 is 1.37 bits per heavy atom. The van der Waals surface area contributed by atoms with Gasteiger partial charge in [0.1, 0.15) is 0 Å². The maximum Gasteiger partial charge on any atom is 0.228 e. The lowest BCUT2D eigenvalue weighted by Gasteiger charge is -2.34. The Balaban J connectivity index is 1.41. The van der Waals surface area contributed by atoms with Crippen molar-refractivity contribution in [2.75, 3.05) is 46.4 Å². The van der Waals surface area contributed by atoms with Crippen molar-refractivity contribution < 1.29 is 9.26 Å². The first-order valence-corrected chi connectivity index (χ1v) is 10.8. The van der Waals surface area contributed by atoms with Crippen molar-refractivity contribution in [2.45, 2.75) is 26.4 Å². The van der Waals surface area contributed by atoms with Gasteiger partial charge in [-0.3, -0.25) is 9.89 Å². The number of guanidine groups is 1. The molecule has 1 aliphatic heterocycles. The van der Waals surface area contributed by atoms with Crippen LogP contribution in [0.3, 0.4) is 0 Å². The van der Waals surface area contributed by atoms with Crippen LogP contribution < -0.4 is 10.6 Å². The average Bonchev–Trinajstić information content (AvgIpc) is 3.19. The van der Waals surface area contributed by atoms with Crippen LogP contribution in [0.25, 0.3) is 11.4 Å². The van der Waals surface area contributed by atoms with Crippen LogP contribution in [0.2, 0.25) is 5.02 Å². The van der Waals surface area contributed by atoms with Gasteiger partial charge in [0.2, 0.25) is 11.7 Å². The third-order valence-electron chi connectivity index (χ3n) is 4.75. The van der Waals surface area contributed by atoms with E-state index in [0.29, 0.717) is 42.2 Å². The van der Waals surface area contributed by atoms with E-state index in [9.17, 15) is 0 Å². The molecule has 2 heterocycles. The Labute approximate surface area is 183 Å². The van der Waals surface area contributed by atoms with Gasteiger partial charge in [0.15, 0.2) is 5.96 Å². The molecule has 1 unspecified atom stereocenters. The molecule has 2 N–H and O–H groups in total. The maximum atomic E-state index is 6.02. The van der Waals surface area contributed by atoms with Crippen LogP contribution in [-0.2, 0) is 11.2 Å². The Morgan fingerprint density at radius 3 is 3.00 bits per heavy atom. The molecule has 1 atom stereocenters. The third-order valence-corrected chi connectivity index (χ3v) is 4.98. The number of rotatable bonds is 8. The topological polar surface area (TPSA) is 87.8 Å². The SMILES string of the molecule is CN=C(NCCc1nc(-c2cccc(Cl)c2)no1)NCC1CN(CC(C)C)CCO1. The van der Waals surface area contributed by atoms with Crippen LogP contribution in [0.4, 0.5) is 0 Å². The predicted octanol–water partition coefficient (Wildman–Crippen LogP) is 2.45. The van der Waals surface area contributed by atoms with Crippen LogP contribution in [0.5, 0.6) is 0 Å². The van der Waals surface area contributed by atoms with Gasteiger partial charge in [0.05, 0.1) is 12.7 Å². The van der Waals surface area contributed by atoms with E-state index in [1.807, 2.05) is 24.3 Å². The lowest BCUT2D eigenvalue weighted by atomic mass is 10.2. The molecular formula is C21H31ClN6O2. The van der Waals surface area contributed by atoms with Gasteiger partial charge in [0, 0.05) is 56.8 Å². The van der Waals surface area contributed by atoms with Gasteiger partial charge in [-0.15, -0.1) is 0 Å². The number of nitrogens with zero attached hydrogens (tertiary/aromatic N) is 4. The van der Waals surface area contributed by atoms with Crippen LogP contribution in [-0.4, -0.2) is 73.5 Å². The maximum absolute atomic E-state index is 6.02. The quantitative estimate of drug-likeness (QED) is 0.487. The fraction of sp³-hybridized carbons (Fsp3) is 0.571. The van der Waals surface area contributed by atoms with E-state index in [0.717, 1.165) is 37.8 Å². The van der Waals surface area contributed by atoms with Crippen molar-refractivity contribution >= 4 is 17.6 Å². The van der Waals surface area contributed by atoms with Crippen molar-refractivity contribution in [3.63, 3.8) is 0 Å². The summed E-state index contributed by atoms with van der Waals surface area (Å²) in [5.74, 6) is 2.49. The molecule has 1 aromatic carbocycles. The van der Waals surface area contributed by atoms with E-state index in [1.165, 1.54) is 0 Å². The van der Waals surface area contributed by atoms with Gasteiger partial charge in [-0.1, -0.05) is 42.7 Å². The number of halogens is 1. The minimum absolute atomic E-state index is 0.159. The second-order valence-corrected chi connectivity index (χ2v) is 8.23. The first-order chi connectivity index (χ1) is 14.5. The van der Waals surface area contributed by atoms with Gasteiger partial charge >= 0.3 is 0 Å². The second kappa shape index (κ2) is 11.3. The van der Waals surface area contributed by atoms with E-state index in [1.54, 1.807) is 7.05 Å². The minimum atomic E-state index is 0.159. The predicted molar refractivity (Wildman–Crippen MR) is 119 cm³/mol. The molecule has 164 valence electrons. The molecule has 0 amide bonds. The van der Waals surface area contributed by atoms with Crippen LogP contribution >= 0.6 is 11.6 Å². The zero-order chi connectivity index (χ0) is 21.3. The highest BCUT2D eigenvalue weighted by Crippen LogP contribution is 2.19. The average molecular weight is 435 g/mol. The van der Waals surface area contributed by atoms with Crippen LogP contribution in [0.1, 0.15) is 19.7 Å². The van der Waals surface area contributed by atoms with Crippen molar-refractivity contribution in [1.82, 2.24) is 25.7 Å². The molecule has 0 bridgehead atoms. The molecule has 0 spiro atoms. The van der Waals surface area contributed by atoms with Gasteiger partial charge in [0.25, 0.3) is 0 Å². The highest BCUT2D eigenvalue weighted by Gasteiger charge is 2.21. The number of nitrogens with one attached hydrogen (secondary N) is 2. The molecular weight excluding hydrogens is 404 g/mol. The van der Waals surface area contributed by atoms with Crippen LogP contribution in [0.15, 0.2) is 33.8 Å². The zero-order valence-electron chi connectivity index (χ0n) is 17.9. The Bertz CT molecular complexity index is 825. The van der Waals surface area contributed by atoms with E-state index in [2.05, 4.69) is 44.5 Å². The summed E-state index contributed by atoms with van der Waals surface area (Å²) >= 11 is 6.02. The van der Waals surface area contributed by atoms with Gasteiger partial charge < -0.3 is 19.9 Å². The number of ether oxygens (including phenoxy) is 1. The summed E-state index contributed by atoms with van der Waals surface area (Å²) in [4.78, 5) is 11.2. The summed E-state index contributed by atoms with van der Waals surface area (Å²) in [5, 5.41) is 11.3. The first kappa shape index (κ1) is 22.5. The largest absolute Gasteiger partial charge is 0.374 e. The number of hydrogen-bond acceptors (Lipinski definition) is 6. The van der Waals surface area contributed by atoms with Gasteiger partial charge in [-0.05, 0) is 18.1 Å². The number of aromatic nitrogens is 2. The minimum Gasteiger partial charge on any atom is -0.374 e. The summed E-state index contributed by atoms with van der Waals surface area (Å²) in [6.07, 6.45) is 0.753. The van der Waals surface area contributed by atoms with Crippen molar-refractivity contribution in [3.8, 4) is 11.4 Å². The summed E-state index contributed by atoms with van der Waals surface area (Å²) in [6, 6.07) is 7.40. The smallest absolute Gasteiger partial charge is 0.228 e. The zero-order valence-corrected chi connectivity index (χ0v) is 18.7. The fourth-order valence-electron chi connectivity index (χ4n) is 3.41. The highest BCUT2D eigenvalue weighted by atomic mass is 35.5. The molecule has 9 heteroatoms. The lowest BCUT2D eigenvalue weighted by Crippen LogP contribution is -2.50. The van der Waals surface area contributed by atoms with E-state index < -0.39 is 0 Å². The molecule has 0 saturated carbocycles. The Hall–Kier alpha value is -2.16. The van der Waals surface area contributed by atoms with Gasteiger partial charge in [-0.25, -0.2) is 0 Å². The Kier molecular flexibility index (Phi) is 8.48. The van der Waals surface area contributed by atoms with E-state index >= 15 is 0 Å². The number of aliphatic imine (C=N–C) groups is 1. The molecule has 1 fully saturated rings. The van der Waals surface area contributed by atoms with Gasteiger partial charge in [-0.2, -0.15) is 4.98 Å². The first-order valence-electron chi connectivity index (χ1n) is 10.4.